The lowest BCUT2D eigenvalue weighted by Gasteiger charge is -2.28. The molecule has 1 atom stereocenters. The van der Waals surface area contributed by atoms with Crippen LogP contribution in [0.2, 0.25) is 0 Å². The van der Waals surface area contributed by atoms with Crippen molar-refractivity contribution in [3.8, 4) is 0 Å². The molecule has 2 aromatic carbocycles. The van der Waals surface area contributed by atoms with Crippen molar-refractivity contribution in [1.82, 2.24) is 0 Å². The molecule has 3 rings (SSSR count). The predicted octanol–water partition coefficient (Wildman–Crippen LogP) is 3.56. The van der Waals surface area contributed by atoms with Gasteiger partial charge in [-0.3, -0.25) is 0 Å². The van der Waals surface area contributed by atoms with Gasteiger partial charge in [0.2, 0.25) is 0 Å². The van der Waals surface area contributed by atoms with E-state index in [0.717, 1.165) is 13.0 Å². The second-order valence-corrected chi connectivity index (χ2v) is 5.31. The van der Waals surface area contributed by atoms with E-state index in [1.165, 1.54) is 22.4 Å². The lowest BCUT2D eigenvalue weighted by atomic mass is 9.98. The fourth-order valence-corrected chi connectivity index (χ4v) is 2.78. The number of ether oxygens (including phenoxy) is 2. The van der Waals surface area contributed by atoms with Crippen LogP contribution < -0.4 is 5.32 Å². The molecule has 0 radical (unpaired) electrons. The summed E-state index contributed by atoms with van der Waals surface area (Å²) in [6, 6.07) is 17.1. The molecule has 3 nitrogen and oxygen atoms in total. The van der Waals surface area contributed by atoms with E-state index in [0.29, 0.717) is 13.2 Å². The van der Waals surface area contributed by atoms with E-state index < -0.39 is 0 Å². The molecule has 0 aliphatic carbocycles. The molecule has 110 valence electrons. The van der Waals surface area contributed by atoms with Gasteiger partial charge in [0.25, 0.3) is 0 Å². The van der Waals surface area contributed by atoms with Crippen molar-refractivity contribution in [2.75, 3.05) is 25.6 Å². The summed E-state index contributed by atoms with van der Waals surface area (Å²) < 4.78 is 10.9. The smallest absolute Gasteiger partial charge is 0.0751 e. The fraction of sp³-hybridized carbons (Fsp3) is 0.333. The number of rotatable bonds is 5. The molecule has 0 spiro atoms. The van der Waals surface area contributed by atoms with Crippen molar-refractivity contribution in [2.24, 2.45) is 0 Å². The third-order valence-electron chi connectivity index (χ3n) is 3.90. The Morgan fingerprint density at radius 2 is 1.95 bits per heavy atom. The zero-order valence-electron chi connectivity index (χ0n) is 12.3. The standard InChI is InChI=1S/C18H21NO2/c1-20-11-10-14-6-3-5-9-17(14)19-18-13-21-12-15-7-2-4-8-16(15)18/h2-9,18-19H,10-13H2,1H3. The Bertz CT molecular complexity index is 597. The average Bonchev–Trinajstić information content (AvgIpc) is 2.54. The molecular weight excluding hydrogens is 262 g/mol. The maximum atomic E-state index is 5.71. The molecule has 0 saturated carbocycles. The van der Waals surface area contributed by atoms with Gasteiger partial charge < -0.3 is 14.8 Å². The van der Waals surface area contributed by atoms with Gasteiger partial charge >= 0.3 is 0 Å². The highest BCUT2D eigenvalue weighted by atomic mass is 16.5. The molecule has 1 aliphatic rings. The molecule has 2 aromatic rings. The van der Waals surface area contributed by atoms with Crippen molar-refractivity contribution in [1.29, 1.82) is 0 Å². The quantitative estimate of drug-likeness (QED) is 0.910. The minimum atomic E-state index is 0.207. The second-order valence-electron chi connectivity index (χ2n) is 5.31. The first kappa shape index (κ1) is 14.1. The Labute approximate surface area is 125 Å². The van der Waals surface area contributed by atoms with Gasteiger partial charge in [0.05, 0.1) is 25.9 Å². The second kappa shape index (κ2) is 6.74. The van der Waals surface area contributed by atoms with E-state index in [1.54, 1.807) is 7.11 Å². The topological polar surface area (TPSA) is 30.5 Å². The molecule has 0 fully saturated rings. The third kappa shape index (κ3) is 3.26. The molecular formula is C18H21NO2. The maximum Gasteiger partial charge on any atom is 0.0751 e. The van der Waals surface area contributed by atoms with Crippen molar-refractivity contribution in [3.63, 3.8) is 0 Å². The Morgan fingerprint density at radius 3 is 2.86 bits per heavy atom. The summed E-state index contributed by atoms with van der Waals surface area (Å²) in [4.78, 5) is 0. The van der Waals surface area contributed by atoms with Crippen LogP contribution in [0, 0.1) is 0 Å². The predicted molar refractivity (Wildman–Crippen MR) is 84.5 cm³/mol. The van der Waals surface area contributed by atoms with Gasteiger partial charge in [-0.05, 0) is 29.2 Å². The maximum absolute atomic E-state index is 5.71. The molecule has 1 aliphatic heterocycles. The van der Waals surface area contributed by atoms with E-state index >= 15 is 0 Å². The van der Waals surface area contributed by atoms with Crippen LogP contribution in [0.25, 0.3) is 0 Å². The van der Waals surface area contributed by atoms with Gasteiger partial charge in [-0.15, -0.1) is 0 Å². The number of para-hydroxylation sites is 1. The van der Waals surface area contributed by atoms with Crippen molar-refractivity contribution >= 4 is 5.69 Å². The lowest BCUT2D eigenvalue weighted by Crippen LogP contribution is -2.23. The summed E-state index contributed by atoms with van der Waals surface area (Å²) in [6.45, 7) is 2.14. The Kier molecular flexibility index (Phi) is 4.53. The molecule has 0 amide bonds. The first-order valence-electron chi connectivity index (χ1n) is 7.37. The molecule has 0 saturated heterocycles. The number of methoxy groups -OCH3 is 1. The zero-order valence-corrected chi connectivity index (χ0v) is 12.3. The minimum Gasteiger partial charge on any atom is -0.384 e. The number of hydrogen-bond acceptors (Lipinski definition) is 3. The summed E-state index contributed by atoms with van der Waals surface area (Å²) in [5.41, 5.74) is 5.06. The van der Waals surface area contributed by atoms with Crippen LogP contribution in [-0.2, 0) is 22.5 Å². The summed E-state index contributed by atoms with van der Waals surface area (Å²) in [6.07, 6.45) is 0.912. The molecule has 1 N–H and O–H groups in total. The van der Waals surface area contributed by atoms with Crippen molar-refractivity contribution in [3.05, 3.63) is 65.2 Å². The van der Waals surface area contributed by atoms with Crippen molar-refractivity contribution < 1.29 is 9.47 Å². The first-order chi connectivity index (χ1) is 10.4. The van der Waals surface area contributed by atoms with Gasteiger partial charge in [-0.1, -0.05) is 42.5 Å². The Morgan fingerprint density at radius 1 is 1.14 bits per heavy atom. The zero-order chi connectivity index (χ0) is 14.5. The minimum absolute atomic E-state index is 0.207. The number of fused-ring (bicyclic) bond motifs is 1. The van der Waals surface area contributed by atoms with Gasteiger partial charge in [0.1, 0.15) is 0 Å². The fourth-order valence-electron chi connectivity index (χ4n) is 2.78. The summed E-state index contributed by atoms with van der Waals surface area (Å²) in [7, 11) is 1.74. The number of hydrogen-bond donors (Lipinski definition) is 1. The number of nitrogens with one attached hydrogen (secondary N) is 1. The summed E-state index contributed by atoms with van der Waals surface area (Å²) >= 11 is 0. The Hall–Kier alpha value is -1.84. The van der Waals surface area contributed by atoms with Crippen molar-refractivity contribution in [2.45, 2.75) is 19.1 Å². The van der Waals surface area contributed by atoms with Crippen LogP contribution in [0.1, 0.15) is 22.7 Å². The highest BCUT2D eigenvalue weighted by Crippen LogP contribution is 2.29. The SMILES string of the molecule is COCCc1ccccc1NC1COCc2ccccc21. The van der Waals surface area contributed by atoms with Gasteiger partial charge in [0.15, 0.2) is 0 Å². The highest BCUT2D eigenvalue weighted by molar-refractivity contribution is 5.53. The van der Waals surface area contributed by atoms with Crippen LogP contribution in [-0.4, -0.2) is 20.3 Å². The van der Waals surface area contributed by atoms with Gasteiger partial charge in [-0.25, -0.2) is 0 Å². The van der Waals surface area contributed by atoms with E-state index in [1.807, 2.05) is 0 Å². The normalized spacial score (nSPS) is 17.3. The number of benzene rings is 2. The van der Waals surface area contributed by atoms with Crippen LogP contribution in [0.5, 0.6) is 0 Å². The molecule has 3 heteroatoms. The molecule has 21 heavy (non-hydrogen) atoms. The van der Waals surface area contributed by atoms with E-state index in [-0.39, 0.29) is 6.04 Å². The first-order valence-corrected chi connectivity index (χ1v) is 7.37. The number of anilines is 1. The van der Waals surface area contributed by atoms with Gasteiger partial charge in [0, 0.05) is 12.8 Å². The van der Waals surface area contributed by atoms with Crippen LogP contribution >= 0.6 is 0 Å². The lowest BCUT2D eigenvalue weighted by molar-refractivity contribution is 0.0969. The largest absolute Gasteiger partial charge is 0.384 e. The average molecular weight is 283 g/mol. The highest BCUT2D eigenvalue weighted by Gasteiger charge is 2.20. The monoisotopic (exact) mass is 283 g/mol. The van der Waals surface area contributed by atoms with E-state index in [4.69, 9.17) is 9.47 Å². The van der Waals surface area contributed by atoms with E-state index in [9.17, 15) is 0 Å². The molecule has 0 bridgehead atoms. The van der Waals surface area contributed by atoms with Crippen LogP contribution in [0.4, 0.5) is 5.69 Å². The summed E-state index contributed by atoms with van der Waals surface area (Å²) in [5.74, 6) is 0. The van der Waals surface area contributed by atoms with Crippen LogP contribution in [0.3, 0.4) is 0 Å². The van der Waals surface area contributed by atoms with E-state index in [2.05, 4.69) is 53.8 Å². The third-order valence-corrected chi connectivity index (χ3v) is 3.90. The van der Waals surface area contributed by atoms with Gasteiger partial charge in [-0.2, -0.15) is 0 Å². The molecule has 1 heterocycles. The Balaban J connectivity index is 1.81. The van der Waals surface area contributed by atoms with Crippen LogP contribution in [0.15, 0.2) is 48.5 Å². The molecule has 1 unspecified atom stereocenters. The summed E-state index contributed by atoms with van der Waals surface area (Å²) in [5, 5.41) is 3.63. The molecule has 0 aromatic heterocycles.